The minimum Gasteiger partial charge on any atom is -0.367 e. The van der Waals surface area contributed by atoms with Crippen LogP contribution >= 0.6 is 0 Å². The molecule has 172 valence electrons. The van der Waals surface area contributed by atoms with E-state index in [0.29, 0.717) is 22.9 Å². The van der Waals surface area contributed by atoms with E-state index in [4.69, 9.17) is 0 Å². The van der Waals surface area contributed by atoms with Crippen LogP contribution in [0.3, 0.4) is 0 Å². The number of rotatable bonds is 5. The average molecular weight is 446 g/mol. The van der Waals surface area contributed by atoms with Crippen LogP contribution in [0, 0.1) is 19.8 Å². The van der Waals surface area contributed by atoms with Gasteiger partial charge in [-0.15, -0.1) is 0 Å². The maximum absolute atomic E-state index is 13.0. The predicted molar refractivity (Wildman–Crippen MR) is 129 cm³/mol. The number of anilines is 1. The first kappa shape index (κ1) is 22.8. The molecule has 0 unspecified atom stereocenters. The largest absolute Gasteiger partial charge is 0.367 e. The van der Waals surface area contributed by atoms with Crippen LogP contribution in [-0.2, 0) is 9.59 Å². The summed E-state index contributed by atoms with van der Waals surface area (Å²) in [4.78, 5) is 41.6. The summed E-state index contributed by atoms with van der Waals surface area (Å²) in [5.41, 5.74) is 4.81. The van der Waals surface area contributed by atoms with Crippen LogP contribution in [-0.4, -0.2) is 35.7 Å². The van der Waals surface area contributed by atoms with Crippen molar-refractivity contribution in [1.29, 1.82) is 0 Å². The van der Waals surface area contributed by atoms with E-state index in [1.165, 1.54) is 16.5 Å². The van der Waals surface area contributed by atoms with Gasteiger partial charge in [-0.3, -0.25) is 14.4 Å². The molecule has 0 aromatic heterocycles. The van der Waals surface area contributed by atoms with Crippen molar-refractivity contribution in [2.75, 3.05) is 18.0 Å². The van der Waals surface area contributed by atoms with Crippen LogP contribution in [0.5, 0.6) is 0 Å². The molecule has 3 amide bonds. The number of imide groups is 1. The lowest BCUT2D eigenvalue weighted by Crippen LogP contribution is -2.38. The number of piperidine rings is 1. The number of carbonyl (C=O) groups is 3. The molecular weight excluding hydrogens is 414 g/mol. The molecule has 0 bridgehead atoms. The van der Waals surface area contributed by atoms with E-state index in [1.54, 1.807) is 24.3 Å². The second-order valence-electron chi connectivity index (χ2n) is 9.28. The number of hydrogen-bond acceptors (Lipinski definition) is 4. The number of likely N-dealkylation sites (tertiary alicyclic amines) is 1. The van der Waals surface area contributed by atoms with Crippen molar-refractivity contribution in [1.82, 2.24) is 10.2 Å². The fourth-order valence-electron chi connectivity index (χ4n) is 4.61. The Morgan fingerprint density at radius 3 is 2.33 bits per heavy atom. The molecule has 1 N–H and O–H groups in total. The first-order valence-corrected chi connectivity index (χ1v) is 11.6. The third-order valence-electron chi connectivity index (χ3n) is 6.65. The molecule has 2 aliphatic rings. The smallest absolute Gasteiger partial charge is 0.281 e. The van der Waals surface area contributed by atoms with E-state index >= 15 is 0 Å². The molecule has 0 spiro atoms. The highest BCUT2D eigenvalue weighted by molar-refractivity contribution is 6.30. The lowest BCUT2D eigenvalue weighted by Gasteiger charge is -2.32. The van der Waals surface area contributed by atoms with E-state index in [2.05, 4.69) is 18.3 Å². The van der Waals surface area contributed by atoms with Crippen molar-refractivity contribution in [2.24, 2.45) is 5.92 Å². The van der Waals surface area contributed by atoms with Crippen LogP contribution < -0.4 is 10.2 Å². The lowest BCUT2D eigenvalue weighted by atomic mass is 9.99. The first-order chi connectivity index (χ1) is 15.7. The minimum absolute atomic E-state index is 0.140. The lowest BCUT2D eigenvalue weighted by molar-refractivity contribution is -0.121. The number of nitrogens with zero attached hydrogens (tertiary/aromatic N) is 2. The zero-order chi connectivity index (χ0) is 23.7. The van der Waals surface area contributed by atoms with E-state index in [-0.39, 0.29) is 23.8 Å². The second-order valence-corrected chi connectivity index (χ2v) is 9.28. The summed E-state index contributed by atoms with van der Waals surface area (Å²) in [5.74, 6) is -0.194. The summed E-state index contributed by atoms with van der Waals surface area (Å²) in [5, 5.41) is 3.03. The quantitative estimate of drug-likeness (QED) is 0.698. The van der Waals surface area contributed by atoms with Gasteiger partial charge in [-0.2, -0.15) is 0 Å². The monoisotopic (exact) mass is 445 g/mol. The maximum atomic E-state index is 13.0. The Kier molecular flexibility index (Phi) is 6.36. The van der Waals surface area contributed by atoms with Crippen LogP contribution in [0.25, 0.3) is 0 Å². The molecule has 2 heterocycles. The zero-order valence-corrected chi connectivity index (χ0v) is 19.7. The highest BCUT2D eigenvalue weighted by Crippen LogP contribution is 2.28. The van der Waals surface area contributed by atoms with E-state index in [1.807, 2.05) is 37.8 Å². The molecule has 1 atom stereocenters. The molecule has 0 radical (unpaired) electrons. The van der Waals surface area contributed by atoms with Gasteiger partial charge in [0.2, 0.25) is 0 Å². The van der Waals surface area contributed by atoms with Gasteiger partial charge in [0.1, 0.15) is 5.70 Å². The normalized spacial score (nSPS) is 17.9. The standard InChI is InChI=1S/C27H31N3O3/c1-17-11-13-29(14-12-17)24-16-25(31)30(27(24)33)22-8-6-21(7-9-22)26(32)28-20(4)23-10-5-18(2)15-19(23)3/h5-10,15-17,20H,11-14H2,1-4H3,(H,28,32)/t20-/m0/s1. The van der Waals surface area contributed by atoms with Crippen LogP contribution in [0.4, 0.5) is 5.69 Å². The van der Waals surface area contributed by atoms with Crippen molar-refractivity contribution < 1.29 is 14.4 Å². The topological polar surface area (TPSA) is 69.7 Å². The fourth-order valence-corrected chi connectivity index (χ4v) is 4.61. The van der Waals surface area contributed by atoms with Gasteiger partial charge < -0.3 is 10.2 Å². The Morgan fingerprint density at radius 2 is 1.70 bits per heavy atom. The molecule has 2 aromatic carbocycles. The number of carbonyl (C=O) groups excluding carboxylic acids is 3. The molecule has 6 heteroatoms. The number of nitrogens with one attached hydrogen (secondary N) is 1. The number of aryl methyl sites for hydroxylation is 2. The minimum atomic E-state index is -0.339. The van der Waals surface area contributed by atoms with Gasteiger partial charge in [-0.05, 0) is 74.9 Å². The zero-order valence-electron chi connectivity index (χ0n) is 19.7. The number of amides is 3. The molecule has 33 heavy (non-hydrogen) atoms. The SMILES string of the molecule is Cc1ccc([C@H](C)NC(=O)c2ccc(N3C(=O)C=C(N4CCC(C)CC4)C3=O)cc2)c(C)c1. The molecular formula is C27H31N3O3. The Bertz CT molecular complexity index is 1110. The summed E-state index contributed by atoms with van der Waals surface area (Å²) in [7, 11) is 0. The van der Waals surface area contributed by atoms with Gasteiger partial charge in [0, 0.05) is 24.7 Å². The Morgan fingerprint density at radius 1 is 1.03 bits per heavy atom. The summed E-state index contributed by atoms with van der Waals surface area (Å²) in [6.07, 6.45) is 3.47. The van der Waals surface area contributed by atoms with Crippen LogP contribution in [0.15, 0.2) is 54.2 Å². The van der Waals surface area contributed by atoms with Crippen molar-refractivity contribution in [3.63, 3.8) is 0 Å². The van der Waals surface area contributed by atoms with Gasteiger partial charge >= 0.3 is 0 Å². The van der Waals surface area contributed by atoms with Crippen molar-refractivity contribution in [3.8, 4) is 0 Å². The summed E-state index contributed by atoms with van der Waals surface area (Å²) in [6.45, 7) is 9.83. The third kappa shape index (κ3) is 4.70. The third-order valence-corrected chi connectivity index (χ3v) is 6.65. The van der Waals surface area contributed by atoms with E-state index in [9.17, 15) is 14.4 Å². The van der Waals surface area contributed by atoms with Gasteiger partial charge in [0.15, 0.2) is 0 Å². The molecule has 4 rings (SSSR count). The highest BCUT2D eigenvalue weighted by atomic mass is 16.2. The molecule has 2 aliphatic heterocycles. The Hall–Kier alpha value is -3.41. The number of benzene rings is 2. The molecule has 2 aromatic rings. The molecule has 6 nitrogen and oxygen atoms in total. The van der Waals surface area contributed by atoms with Crippen LogP contribution in [0.2, 0.25) is 0 Å². The summed E-state index contributed by atoms with van der Waals surface area (Å²) >= 11 is 0. The molecule has 0 saturated carbocycles. The van der Waals surface area contributed by atoms with Gasteiger partial charge in [-0.1, -0.05) is 30.7 Å². The summed E-state index contributed by atoms with van der Waals surface area (Å²) in [6, 6.07) is 12.7. The molecule has 1 saturated heterocycles. The van der Waals surface area contributed by atoms with Crippen molar-refractivity contribution in [2.45, 2.75) is 46.6 Å². The highest BCUT2D eigenvalue weighted by Gasteiger charge is 2.36. The van der Waals surface area contributed by atoms with Gasteiger partial charge in [-0.25, -0.2) is 4.90 Å². The van der Waals surface area contributed by atoms with Gasteiger partial charge in [0.25, 0.3) is 17.7 Å². The van der Waals surface area contributed by atoms with E-state index < -0.39 is 0 Å². The predicted octanol–water partition coefficient (Wildman–Crippen LogP) is 4.28. The second kappa shape index (κ2) is 9.22. The summed E-state index contributed by atoms with van der Waals surface area (Å²) < 4.78 is 0. The van der Waals surface area contributed by atoms with E-state index in [0.717, 1.165) is 37.1 Å². The first-order valence-electron chi connectivity index (χ1n) is 11.6. The molecule has 0 aliphatic carbocycles. The van der Waals surface area contributed by atoms with Gasteiger partial charge in [0.05, 0.1) is 11.7 Å². The maximum Gasteiger partial charge on any atom is 0.281 e. The van der Waals surface area contributed by atoms with Crippen molar-refractivity contribution >= 4 is 23.4 Å². The fraction of sp³-hybridized carbons (Fsp3) is 0.370. The Labute approximate surface area is 195 Å². The Balaban J connectivity index is 1.43. The van der Waals surface area contributed by atoms with Crippen molar-refractivity contribution in [3.05, 3.63) is 76.5 Å². The molecule has 1 fully saturated rings. The number of hydrogen-bond donors (Lipinski definition) is 1. The average Bonchev–Trinajstić information content (AvgIpc) is 3.08. The van der Waals surface area contributed by atoms with Crippen LogP contribution in [0.1, 0.15) is 59.8 Å².